The predicted octanol–water partition coefficient (Wildman–Crippen LogP) is 2.61. The lowest BCUT2D eigenvalue weighted by Crippen LogP contribution is -2.50. The van der Waals surface area contributed by atoms with Gasteiger partial charge in [0.05, 0.1) is 0 Å². The van der Waals surface area contributed by atoms with Crippen molar-refractivity contribution in [1.82, 2.24) is 0 Å². The van der Waals surface area contributed by atoms with Crippen molar-refractivity contribution in [2.45, 2.75) is 44.9 Å². The van der Waals surface area contributed by atoms with Gasteiger partial charge in [-0.05, 0) is 43.9 Å². The number of carbonyl (C=O) groups is 2. The Balaban J connectivity index is 1.69. The Kier molecular flexibility index (Phi) is 2.07. The zero-order chi connectivity index (χ0) is 11.6. The largest absolute Gasteiger partial charge is 0.299 e. The molecule has 6 unspecified atom stereocenters. The van der Waals surface area contributed by atoms with Gasteiger partial charge in [-0.15, -0.1) is 0 Å². The highest BCUT2D eigenvalue weighted by molar-refractivity contribution is 6.00. The summed E-state index contributed by atoms with van der Waals surface area (Å²) < 4.78 is 0. The van der Waals surface area contributed by atoms with Crippen LogP contribution >= 0.6 is 0 Å². The molecule has 0 aromatic carbocycles. The molecule has 6 atom stereocenters. The molecule has 0 aromatic rings. The number of hydrogen-bond acceptors (Lipinski definition) is 2. The van der Waals surface area contributed by atoms with Crippen LogP contribution in [0, 0.1) is 35.5 Å². The summed E-state index contributed by atoms with van der Waals surface area (Å²) in [6, 6.07) is 0. The third-order valence-corrected chi connectivity index (χ3v) is 5.91. The minimum atomic E-state index is 0.118. The Morgan fingerprint density at radius 1 is 0.765 bits per heavy atom. The summed E-state index contributed by atoms with van der Waals surface area (Å²) in [6.45, 7) is 0. The molecule has 0 bridgehead atoms. The van der Waals surface area contributed by atoms with Gasteiger partial charge in [0, 0.05) is 23.7 Å². The van der Waals surface area contributed by atoms with E-state index in [1.807, 2.05) is 0 Å². The molecule has 4 aliphatic carbocycles. The van der Waals surface area contributed by atoms with Crippen LogP contribution in [0.1, 0.15) is 44.9 Å². The maximum atomic E-state index is 12.6. The topological polar surface area (TPSA) is 34.1 Å². The van der Waals surface area contributed by atoms with Crippen molar-refractivity contribution in [2.75, 3.05) is 0 Å². The second-order valence-electron chi connectivity index (χ2n) is 6.67. The Labute approximate surface area is 102 Å². The number of rotatable bonds is 0. The minimum Gasteiger partial charge on any atom is -0.299 e. The molecule has 0 saturated heterocycles. The quantitative estimate of drug-likeness (QED) is 0.643. The van der Waals surface area contributed by atoms with Crippen molar-refractivity contribution >= 4 is 11.6 Å². The molecule has 0 aromatic heterocycles. The Morgan fingerprint density at radius 3 is 2.24 bits per heavy atom. The molecule has 2 heteroatoms. The molecule has 4 aliphatic rings. The van der Waals surface area contributed by atoms with Gasteiger partial charge in [-0.3, -0.25) is 9.59 Å². The summed E-state index contributed by atoms with van der Waals surface area (Å²) in [6.07, 6.45) is 7.76. The molecular formula is C15H20O2. The molecule has 0 amide bonds. The molecule has 2 nitrogen and oxygen atoms in total. The van der Waals surface area contributed by atoms with Crippen molar-refractivity contribution in [3.8, 4) is 0 Å². The Bertz CT molecular complexity index is 386. The summed E-state index contributed by atoms with van der Waals surface area (Å²) in [4.78, 5) is 25.2. The van der Waals surface area contributed by atoms with Crippen LogP contribution in [-0.4, -0.2) is 11.6 Å². The molecule has 4 rings (SSSR count). The first-order valence-electron chi connectivity index (χ1n) is 7.35. The van der Waals surface area contributed by atoms with Crippen LogP contribution in [0.3, 0.4) is 0 Å². The number of hydrogen-bond donors (Lipinski definition) is 0. The first-order chi connectivity index (χ1) is 8.27. The SMILES string of the molecule is O=C1C2CCCCC2C(=O)C2C1CCC1CC12. The molecule has 0 heterocycles. The van der Waals surface area contributed by atoms with E-state index in [0.29, 0.717) is 17.5 Å². The average Bonchev–Trinajstić information content (AvgIpc) is 3.14. The molecular weight excluding hydrogens is 212 g/mol. The first-order valence-corrected chi connectivity index (χ1v) is 7.35. The smallest absolute Gasteiger partial charge is 0.140 e. The zero-order valence-electron chi connectivity index (χ0n) is 10.2. The Morgan fingerprint density at radius 2 is 1.47 bits per heavy atom. The highest BCUT2D eigenvalue weighted by atomic mass is 16.1. The van der Waals surface area contributed by atoms with Crippen molar-refractivity contribution in [3.05, 3.63) is 0 Å². The second-order valence-corrected chi connectivity index (χ2v) is 6.67. The molecule has 92 valence electrons. The fourth-order valence-corrected chi connectivity index (χ4v) is 4.98. The zero-order valence-corrected chi connectivity index (χ0v) is 10.2. The number of fused-ring (bicyclic) bond motifs is 4. The molecule has 0 spiro atoms. The van der Waals surface area contributed by atoms with Crippen LogP contribution in [0.15, 0.2) is 0 Å². The predicted molar refractivity (Wildman–Crippen MR) is 63.3 cm³/mol. The number of carbonyl (C=O) groups excluding carboxylic acids is 2. The van der Waals surface area contributed by atoms with Crippen molar-refractivity contribution in [3.63, 3.8) is 0 Å². The van der Waals surface area contributed by atoms with Gasteiger partial charge in [0.2, 0.25) is 0 Å². The van der Waals surface area contributed by atoms with E-state index in [4.69, 9.17) is 0 Å². The summed E-state index contributed by atoms with van der Waals surface area (Å²) in [7, 11) is 0. The van der Waals surface area contributed by atoms with Gasteiger partial charge < -0.3 is 0 Å². The van der Waals surface area contributed by atoms with E-state index in [1.165, 1.54) is 12.8 Å². The lowest BCUT2D eigenvalue weighted by atomic mass is 9.58. The lowest BCUT2D eigenvalue weighted by molar-refractivity contribution is -0.151. The standard InChI is InChI=1S/C15H20O2/c16-14-9-3-1-2-4-10(9)15(17)13-11(14)6-5-8-7-12(8)13/h8-13H,1-7H2. The van der Waals surface area contributed by atoms with Crippen LogP contribution in [0.5, 0.6) is 0 Å². The van der Waals surface area contributed by atoms with E-state index >= 15 is 0 Å². The number of Topliss-reactive ketones (excluding diaryl/α,β-unsaturated/α-hetero) is 2. The average molecular weight is 232 g/mol. The van der Waals surface area contributed by atoms with Crippen LogP contribution in [0.4, 0.5) is 0 Å². The van der Waals surface area contributed by atoms with Crippen LogP contribution in [0.2, 0.25) is 0 Å². The summed E-state index contributed by atoms with van der Waals surface area (Å²) in [5.74, 6) is 2.90. The van der Waals surface area contributed by atoms with Crippen molar-refractivity contribution in [2.24, 2.45) is 35.5 Å². The third kappa shape index (κ3) is 1.33. The molecule has 4 saturated carbocycles. The molecule has 0 radical (unpaired) electrons. The van der Waals surface area contributed by atoms with Crippen molar-refractivity contribution < 1.29 is 9.59 Å². The maximum absolute atomic E-state index is 12.6. The molecule has 0 aliphatic heterocycles. The monoisotopic (exact) mass is 232 g/mol. The minimum absolute atomic E-state index is 0.118. The van der Waals surface area contributed by atoms with E-state index in [0.717, 1.165) is 38.0 Å². The highest BCUT2D eigenvalue weighted by Crippen LogP contribution is 2.59. The summed E-state index contributed by atoms with van der Waals surface area (Å²) in [5, 5.41) is 0. The van der Waals surface area contributed by atoms with Crippen molar-refractivity contribution in [1.29, 1.82) is 0 Å². The van der Waals surface area contributed by atoms with Gasteiger partial charge in [0.1, 0.15) is 11.6 Å². The normalized spacial score (nSPS) is 52.5. The van der Waals surface area contributed by atoms with Gasteiger partial charge in [0.15, 0.2) is 0 Å². The van der Waals surface area contributed by atoms with Gasteiger partial charge in [-0.2, -0.15) is 0 Å². The van der Waals surface area contributed by atoms with E-state index < -0.39 is 0 Å². The van der Waals surface area contributed by atoms with E-state index in [1.54, 1.807) is 0 Å². The molecule has 4 fully saturated rings. The fraction of sp³-hybridized carbons (Fsp3) is 0.867. The lowest BCUT2D eigenvalue weighted by Gasteiger charge is -2.43. The summed E-state index contributed by atoms with van der Waals surface area (Å²) in [5.41, 5.74) is 0. The van der Waals surface area contributed by atoms with E-state index in [9.17, 15) is 9.59 Å². The molecule has 17 heavy (non-hydrogen) atoms. The third-order valence-electron chi connectivity index (χ3n) is 5.91. The fourth-order valence-electron chi connectivity index (χ4n) is 4.98. The van der Waals surface area contributed by atoms with Crippen LogP contribution in [0.25, 0.3) is 0 Å². The van der Waals surface area contributed by atoms with E-state index in [-0.39, 0.29) is 23.7 Å². The van der Waals surface area contributed by atoms with Gasteiger partial charge in [-0.25, -0.2) is 0 Å². The summed E-state index contributed by atoms with van der Waals surface area (Å²) >= 11 is 0. The molecule has 0 N–H and O–H groups in total. The van der Waals surface area contributed by atoms with Gasteiger partial charge >= 0.3 is 0 Å². The van der Waals surface area contributed by atoms with Crippen LogP contribution < -0.4 is 0 Å². The van der Waals surface area contributed by atoms with Gasteiger partial charge in [-0.1, -0.05) is 12.8 Å². The number of ketones is 2. The highest BCUT2D eigenvalue weighted by Gasteiger charge is 2.59. The van der Waals surface area contributed by atoms with Crippen LogP contribution in [-0.2, 0) is 9.59 Å². The maximum Gasteiger partial charge on any atom is 0.140 e. The first kappa shape index (κ1) is 10.3. The Hall–Kier alpha value is -0.660. The second kappa shape index (κ2) is 3.43. The van der Waals surface area contributed by atoms with E-state index in [2.05, 4.69) is 0 Å². The van der Waals surface area contributed by atoms with Gasteiger partial charge in [0.25, 0.3) is 0 Å².